The van der Waals surface area contributed by atoms with Crippen molar-refractivity contribution >= 4 is 40.0 Å². The number of aromatic nitrogens is 3. The Morgan fingerprint density at radius 1 is 1.00 bits per heavy atom. The number of nitrogens with one attached hydrogen (secondary N) is 2. The van der Waals surface area contributed by atoms with Gasteiger partial charge in [0, 0.05) is 41.6 Å². The Morgan fingerprint density at radius 2 is 1.79 bits per heavy atom. The Labute approximate surface area is 171 Å². The summed E-state index contributed by atoms with van der Waals surface area (Å²) in [5.41, 5.74) is 1.90. The quantitative estimate of drug-likeness (QED) is 0.505. The van der Waals surface area contributed by atoms with Gasteiger partial charge in [0.2, 0.25) is 5.95 Å². The fourth-order valence-corrected chi connectivity index (χ4v) is 2.79. The number of carbonyl (C=O) groups is 1. The van der Waals surface area contributed by atoms with Crippen LogP contribution < -0.4 is 15.4 Å². The molecule has 2 aromatic heterocycles. The van der Waals surface area contributed by atoms with Gasteiger partial charge in [0.15, 0.2) is 0 Å². The molecule has 0 fully saturated rings. The second-order valence-electron chi connectivity index (χ2n) is 6.10. The zero-order valence-electron chi connectivity index (χ0n) is 15.4. The number of hydrogen-bond donors (Lipinski definition) is 2. The van der Waals surface area contributed by atoms with E-state index in [9.17, 15) is 4.79 Å². The number of carbonyl (C=O) groups excluding carboxylic acids is 1. The van der Waals surface area contributed by atoms with E-state index in [1.54, 1.807) is 43.6 Å². The van der Waals surface area contributed by atoms with Gasteiger partial charge in [0.05, 0.1) is 5.52 Å². The Morgan fingerprint density at radius 3 is 2.59 bits per heavy atom. The first kappa shape index (κ1) is 18.6. The van der Waals surface area contributed by atoms with Crippen LogP contribution >= 0.6 is 11.6 Å². The van der Waals surface area contributed by atoms with Crippen LogP contribution in [0.4, 0.5) is 11.6 Å². The number of pyridine rings is 1. The molecular weight excluding hydrogens is 390 g/mol. The molecule has 7 nitrogen and oxygen atoms in total. The largest absolute Gasteiger partial charge is 0.457 e. The highest BCUT2D eigenvalue weighted by Crippen LogP contribution is 2.26. The van der Waals surface area contributed by atoms with Gasteiger partial charge in [-0.25, -0.2) is 9.97 Å². The van der Waals surface area contributed by atoms with E-state index < -0.39 is 0 Å². The molecule has 2 aromatic carbocycles. The minimum atomic E-state index is -0.275. The molecule has 0 bridgehead atoms. The number of rotatable bonds is 5. The maximum absolute atomic E-state index is 11.7. The molecule has 2 heterocycles. The van der Waals surface area contributed by atoms with Crippen LogP contribution in [-0.4, -0.2) is 27.9 Å². The number of amides is 1. The van der Waals surface area contributed by atoms with Crippen molar-refractivity contribution in [2.45, 2.75) is 0 Å². The van der Waals surface area contributed by atoms with Crippen LogP contribution in [0.2, 0.25) is 5.02 Å². The molecule has 0 spiro atoms. The van der Waals surface area contributed by atoms with E-state index >= 15 is 0 Å². The van der Waals surface area contributed by atoms with Gasteiger partial charge >= 0.3 is 0 Å². The summed E-state index contributed by atoms with van der Waals surface area (Å²) < 4.78 is 5.86. The first-order valence-corrected chi connectivity index (χ1v) is 9.14. The number of ether oxygens (including phenoxy) is 1. The number of hydrogen-bond acceptors (Lipinski definition) is 6. The van der Waals surface area contributed by atoms with Gasteiger partial charge < -0.3 is 15.4 Å². The summed E-state index contributed by atoms with van der Waals surface area (Å²) in [5.74, 6) is 1.33. The number of halogens is 1. The fraction of sp³-hybridized carbons (Fsp3) is 0.0476. The van der Waals surface area contributed by atoms with Crippen molar-refractivity contribution in [3.63, 3.8) is 0 Å². The van der Waals surface area contributed by atoms with E-state index in [2.05, 4.69) is 25.6 Å². The molecule has 29 heavy (non-hydrogen) atoms. The molecule has 4 rings (SSSR count). The summed E-state index contributed by atoms with van der Waals surface area (Å²) in [4.78, 5) is 24.6. The van der Waals surface area contributed by atoms with Gasteiger partial charge in [0.25, 0.3) is 5.91 Å². The van der Waals surface area contributed by atoms with Crippen LogP contribution in [0.25, 0.3) is 10.9 Å². The van der Waals surface area contributed by atoms with Gasteiger partial charge in [-0.1, -0.05) is 11.6 Å². The van der Waals surface area contributed by atoms with E-state index in [-0.39, 0.29) is 11.6 Å². The van der Waals surface area contributed by atoms with E-state index in [1.165, 1.54) is 6.20 Å². The molecule has 0 unspecified atom stereocenters. The number of nitrogens with zero attached hydrogens (tertiary/aromatic N) is 3. The zero-order chi connectivity index (χ0) is 20.2. The molecule has 0 aliphatic rings. The molecule has 0 radical (unpaired) electrons. The van der Waals surface area contributed by atoms with Gasteiger partial charge in [-0.3, -0.25) is 9.78 Å². The lowest BCUT2D eigenvalue weighted by molar-refractivity contribution is 0.0958. The second-order valence-corrected chi connectivity index (χ2v) is 6.54. The van der Waals surface area contributed by atoms with Crippen LogP contribution in [0.3, 0.4) is 0 Å². The Balaban J connectivity index is 1.54. The molecule has 0 aliphatic heterocycles. The maximum atomic E-state index is 11.7. The summed E-state index contributed by atoms with van der Waals surface area (Å²) >= 11 is 5.90. The SMILES string of the molecule is CNC(=O)c1cc(Oc2ccc3nc(Nc4ccc(Cl)cc4)ncc3c2)ccn1. The molecule has 1 amide bonds. The third-order valence-electron chi connectivity index (χ3n) is 4.08. The lowest BCUT2D eigenvalue weighted by atomic mass is 10.2. The Hall–Kier alpha value is -3.71. The van der Waals surface area contributed by atoms with Crippen LogP contribution in [0.1, 0.15) is 10.5 Å². The lowest BCUT2D eigenvalue weighted by Crippen LogP contribution is -2.18. The Kier molecular flexibility index (Phi) is 5.22. The highest BCUT2D eigenvalue weighted by Gasteiger charge is 2.08. The summed E-state index contributed by atoms with van der Waals surface area (Å²) in [7, 11) is 1.55. The van der Waals surface area contributed by atoms with Crippen molar-refractivity contribution < 1.29 is 9.53 Å². The number of anilines is 2. The van der Waals surface area contributed by atoms with E-state index in [4.69, 9.17) is 16.3 Å². The first-order chi connectivity index (χ1) is 14.1. The molecule has 144 valence electrons. The molecule has 8 heteroatoms. The monoisotopic (exact) mass is 405 g/mol. The predicted molar refractivity (Wildman–Crippen MR) is 112 cm³/mol. The van der Waals surface area contributed by atoms with Gasteiger partial charge in [0.1, 0.15) is 17.2 Å². The third kappa shape index (κ3) is 4.41. The second kappa shape index (κ2) is 8.12. The zero-order valence-corrected chi connectivity index (χ0v) is 16.1. The molecule has 0 saturated heterocycles. The smallest absolute Gasteiger partial charge is 0.269 e. The fourth-order valence-electron chi connectivity index (χ4n) is 2.66. The van der Waals surface area contributed by atoms with Crippen molar-refractivity contribution in [2.75, 3.05) is 12.4 Å². The topological polar surface area (TPSA) is 89.0 Å². The highest BCUT2D eigenvalue weighted by molar-refractivity contribution is 6.30. The first-order valence-electron chi connectivity index (χ1n) is 8.76. The molecular formula is C21H16ClN5O2. The molecule has 0 aliphatic carbocycles. The standard InChI is InChI=1S/C21H16ClN5O2/c1-23-20(28)19-11-17(8-9-24-19)29-16-6-7-18-13(10-16)12-25-21(27-18)26-15-4-2-14(22)3-5-15/h2-12H,1H3,(H,23,28)(H,25,26,27). The van der Waals surface area contributed by atoms with Crippen LogP contribution in [0.5, 0.6) is 11.5 Å². The minimum Gasteiger partial charge on any atom is -0.457 e. The van der Waals surface area contributed by atoms with Gasteiger partial charge in [-0.15, -0.1) is 0 Å². The van der Waals surface area contributed by atoms with Crippen LogP contribution in [-0.2, 0) is 0 Å². The van der Waals surface area contributed by atoms with Crippen molar-refractivity contribution in [1.29, 1.82) is 0 Å². The van der Waals surface area contributed by atoms with Crippen molar-refractivity contribution in [1.82, 2.24) is 20.3 Å². The summed E-state index contributed by atoms with van der Waals surface area (Å²) in [6, 6.07) is 16.1. The van der Waals surface area contributed by atoms with Crippen molar-refractivity contribution in [3.05, 3.63) is 77.7 Å². The highest BCUT2D eigenvalue weighted by atomic mass is 35.5. The number of fused-ring (bicyclic) bond motifs is 1. The summed E-state index contributed by atoms with van der Waals surface area (Å²) in [6.07, 6.45) is 3.24. The van der Waals surface area contributed by atoms with Crippen molar-refractivity contribution in [2.24, 2.45) is 0 Å². The minimum absolute atomic E-state index is 0.275. The lowest BCUT2D eigenvalue weighted by Gasteiger charge is -2.09. The molecule has 0 atom stereocenters. The number of benzene rings is 2. The van der Waals surface area contributed by atoms with Crippen LogP contribution in [0, 0.1) is 0 Å². The third-order valence-corrected chi connectivity index (χ3v) is 4.33. The Bertz CT molecular complexity index is 1180. The average Bonchev–Trinajstić information content (AvgIpc) is 2.75. The average molecular weight is 406 g/mol. The predicted octanol–water partition coefficient (Wildman–Crippen LogP) is 4.57. The molecule has 0 saturated carbocycles. The maximum Gasteiger partial charge on any atom is 0.269 e. The summed E-state index contributed by atoms with van der Waals surface area (Å²) in [6.45, 7) is 0. The molecule has 2 N–H and O–H groups in total. The summed E-state index contributed by atoms with van der Waals surface area (Å²) in [5, 5.41) is 7.17. The molecule has 4 aromatic rings. The van der Waals surface area contributed by atoms with E-state index in [1.807, 2.05) is 24.3 Å². The normalized spacial score (nSPS) is 10.6. The van der Waals surface area contributed by atoms with Crippen molar-refractivity contribution in [3.8, 4) is 11.5 Å². The van der Waals surface area contributed by atoms with E-state index in [0.29, 0.717) is 22.5 Å². The van der Waals surface area contributed by atoms with Gasteiger partial charge in [-0.05, 0) is 48.5 Å². The van der Waals surface area contributed by atoms with E-state index in [0.717, 1.165) is 16.6 Å². The van der Waals surface area contributed by atoms with Crippen LogP contribution in [0.15, 0.2) is 67.0 Å². The van der Waals surface area contributed by atoms with Gasteiger partial charge in [-0.2, -0.15) is 0 Å².